The zero-order valence-electron chi connectivity index (χ0n) is 11.6. The topological polar surface area (TPSA) is 8.81 Å². The van der Waals surface area contributed by atoms with Gasteiger partial charge in [0.25, 0.3) is 5.82 Å². The summed E-state index contributed by atoms with van der Waals surface area (Å²) in [5.74, 6) is 1.29. The van der Waals surface area contributed by atoms with Crippen LogP contribution in [0.3, 0.4) is 0 Å². The van der Waals surface area contributed by atoms with Crippen LogP contribution in [-0.4, -0.2) is 4.57 Å². The van der Waals surface area contributed by atoms with Gasteiger partial charge >= 0.3 is 33.0 Å². The summed E-state index contributed by atoms with van der Waals surface area (Å²) in [4.78, 5) is 0. The van der Waals surface area contributed by atoms with Gasteiger partial charge in [-0.25, -0.2) is 9.13 Å². The molecule has 0 aromatic carbocycles. The third-order valence-corrected chi connectivity index (χ3v) is 2.54. The maximum atomic E-state index is 9.87. The van der Waals surface area contributed by atoms with Gasteiger partial charge in [0.15, 0.2) is 5.69 Å². The molecule has 0 amide bonds. The summed E-state index contributed by atoms with van der Waals surface area (Å²) in [6, 6.07) is 0. The molecule has 0 spiro atoms. The Labute approximate surface area is 113 Å². The minimum absolute atomic E-state index is 1.12. The zero-order chi connectivity index (χ0) is 16.3. The molecule has 20 heavy (non-hydrogen) atoms. The van der Waals surface area contributed by atoms with Crippen molar-refractivity contribution in [2.24, 2.45) is 7.05 Å². The van der Waals surface area contributed by atoms with Gasteiger partial charge in [-0.05, 0) is 12.5 Å². The van der Waals surface area contributed by atoms with Gasteiger partial charge in [0.05, 0.1) is 13.6 Å². The summed E-state index contributed by atoms with van der Waals surface area (Å²) in [6.07, 6.45) is 6.55. The van der Waals surface area contributed by atoms with E-state index in [2.05, 4.69) is 42.8 Å². The standard InChI is InChI=1S/C11H19N2.F6P/c1-5-7-8-13-9-11(6-2)12(4)10(13)3;1-7(2,3,4,5)6/h6,9H,2,5,7-8H2,1,3-4H3;/q+1;-1. The molecular formula is C11H19F6N2P. The van der Waals surface area contributed by atoms with Crippen LogP contribution < -0.4 is 4.57 Å². The molecule has 0 radical (unpaired) electrons. The molecule has 1 heterocycles. The summed E-state index contributed by atoms with van der Waals surface area (Å²) in [6.45, 7) is 9.26. The van der Waals surface area contributed by atoms with Gasteiger partial charge in [0.1, 0.15) is 6.20 Å². The Hall–Kier alpha value is -1.04. The molecule has 120 valence electrons. The Kier molecular flexibility index (Phi) is 5.11. The number of halogens is 6. The molecule has 9 heteroatoms. The first kappa shape index (κ1) is 19.0. The van der Waals surface area contributed by atoms with Gasteiger partial charge in [-0.1, -0.05) is 19.9 Å². The van der Waals surface area contributed by atoms with Crippen LogP contribution in [0.2, 0.25) is 0 Å². The van der Waals surface area contributed by atoms with E-state index < -0.39 is 7.81 Å². The van der Waals surface area contributed by atoms with Crippen molar-refractivity contribution in [2.75, 3.05) is 0 Å². The molecule has 0 N–H and O–H groups in total. The average Bonchev–Trinajstić information content (AvgIpc) is 2.49. The minimum atomic E-state index is -10.7. The second kappa shape index (κ2) is 5.39. The second-order valence-electron chi connectivity index (χ2n) is 4.37. The number of aryl methyl sites for hydroxylation is 1. The van der Waals surface area contributed by atoms with Crippen LogP contribution in [0, 0.1) is 6.92 Å². The third-order valence-electron chi connectivity index (χ3n) is 2.54. The maximum absolute atomic E-state index is 10.7. The molecule has 0 bridgehead atoms. The van der Waals surface area contributed by atoms with Gasteiger partial charge in [-0.3, -0.25) is 0 Å². The number of nitrogens with zero attached hydrogens (tertiary/aromatic N) is 2. The van der Waals surface area contributed by atoms with E-state index in [9.17, 15) is 25.2 Å². The number of unbranched alkanes of at least 4 members (excludes halogenated alkanes) is 1. The molecule has 0 aliphatic rings. The first-order chi connectivity index (χ1) is 8.65. The Balaban J connectivity index is 0.000000441. The number of imidazole rings is 1. The molecule has 0 saturated heterocycles. The predicted octanol–water partition coefficient (Wildman–Crippen LogP) is 5.45. The monoisotopic (exact) mass is 324 g/mol. The van der Waals surface area contributed by atoms with E-state index in [0.29, 0.717) is 0 Å². The van der Waals surface area contributed by atoms with Crippen LogP contribution in [0.5, 0.6) is 0 Å². The fourth-order valence-electron chi connectivity index (χ4n) is 1.46. The van der Waals surface area contributed by atoms with Crippen LogP contribution in [0.1, 0.15) is 31.3 Å². The van der Waals surface area contributed by atoms with E-state index in [-0.39, 0.29) is 0 Å². The predicted molar refractivity (Wildman–Crippen MR) is 68.9 cm³/mol. The van der Waals surface area contributed by atoms with Crippen molar-refractivity contribution in [1.82, 2.24) is 4.57 Å². The van der Waals surface area contributed by atoms with Crippen molar-refractivity contribution in [3.05, 3.63) is 24.3 Å². The Bertz CT molecular complexity index is 463. The molecule has 0 fully saturated rings. The van der Waals surface area contributed by atoms with Crippen LogP contribution in [0.15, 0.2) is 12.8 Å². The summed E-state index contributed by atoms with van der Waals surface area (Å²) >= 11 is 0. The van der Waals surface area contributed by atoms with Crippen molar-refractivity contribution in [3.63, 3.8) is 0 Å². The molecule has 0 unspecified atom stereocenters. The molecule has 0 atom stereocenters. The fourth-order valence-corrected chi connectivity index (χ4v) is 1.46. The van der Waals surface area contributed by atoms with Crippen LogP contribution in [-0.2, 0) is 13.6 Å². The fraction of sp³-hybridized carbons (Fsp3) is 0.545. The van der Waals surface area contributed by atoms with E-state index in [4.69, 9.17) is 0 Å². The van der Waals surface area contributed by atoms with E-state index in [0.717, 1.165) is 6.54 Å². The molecule has 0 aliphatic carbocycles. The van der Waals surface area contributed by atoms with Gasteiger partial charge < -0.3 is 0 Å². The van der Waals surface area contributed by atoms with Crippen LogP contribution in [0.4, 0.5) is 25.2 Å². The molecule has 1 rings (SSSR count). The molecule has 1 aromatic heterocycles. The van der Waals surface area contributed by atoms with E-state index in [1.165, 1.54) is 24.4 Å². The summed E-state index contributed by atoms with van der Waals surface area (Å²) in [5, 5.41) is 0. The zero-order valence-corrected chi connectivity index (χ0v) is 12.5. The van der Waals surface area contributed by atoms with Gasteiger partial charge in [0, 0.05) is 6.92 Å². The number of rotatable bonds is 4. The molecule has 0 aliphatic heterocycles. The molecular weight excluding hydrogens is 305 g/mol. The SMILES string of the molecule is C=Cc1c[n+](CCCC)c(C)n1C.F[P-](F)(F)(F)(F)F. The van der Waals surface area contributed by atoms with Crippen molar-refractivity contribution in [1.29, 1.82) is 0 Å². The van der Waals surface area contributed by atoms with Gasteiger partial charge in [-0.15, -0.1) is 0 Å². The van der Waals surface area contributed by atoms with Crippen molar-refractivity contribution < 1.29 is 29.7 Å². The first-order valence-electron chi connectivity index (χ1n) is 5.90. The summed E-state index contributed by atoms with van der Waals surface area (Å²) in [5.41, 5.74) is 1.19. The van der Waals surface area contributed by atoms with E-state index in [1.54, 1.807) is 0 Å². The van der Waals surface area contributed by atoms with Gasteiger partial charge in [0.2, 0.25) is 0 Å². The van der Waals surface area contributed by atoms with Crippen LogP contribution >= 0.6 is 7.81 Å². The van der Waals surface area contributed by atoms with Crippen molar-refractivity contribution >= 4 is 13.9 Å². The van der Waals surface area contributed by atoms with Gasteiger partial charge in [-0.2, -0.15) is 0 Å². The second-order valence-corrected chi connectivity index (χ2v) is 6.29. The number of hydrogen-bond acceptors (Lipinski definition) is 0. The Morgan fingerprint density at radius 3 is 2.00 bits per heavy atom. The first-order valence-corrected chi connectivity index (χ1v) is 7.93. The van der Waals surface area contributed by atoms with E-state index >= 15 is 0 Å². The summed E-state index contributed by atoms with van der Waals surface area (Å²) in [7, 11) is -8.58. The quantitative estimate of drug-likeness (QED) is 0.396. The van der Waals surface area contributed by atoms with Crippen molar-refractivity contribution in [3.8, 4) is 0 Å². The van der Waals surface area contributed by atoms with E-state index in [1.807, 2.05) is 6.08 Å². The average molecular weight is 324 g/mol. The third kappa shape index (κ3) is 9.83. The summed E-state index contributed by atoms with van der Waals surface area (Å²) < 4.78 is 63.7. The molecule has 1 aromatic rings. The Morgan fingerprint density at radius 2 is 1.70 bits per heavy atom. The number of aromatic nitrogens is 2. The molecule has 0 saturated carbocycles. The molecule has 2 nitrogen and oxygen atoms in total. The van der Waals surface area contributed by atoms with Crippen LogP contribution in [0.25, 0.3) is 6.08 Å². The number of hydrogen-bond donors (Lipinski definition) is 0. The Morgan fingerprint density at radius 1 is 1.25 bits per heavy atom. The normalized spacial score (nSPS) is 14.8. The van der Waals surface area contributed by atoms with Crippen molar-refractivity contribution in [2.45, 2.75) is 33.2 Å².